The third-order valence-electron chi connectivity index (χ3n) is 14.2. The summed E-state index contributed by atoms with van der Waals surface area (Å²) in [4.78, 5) is 25.3. The Morgan fingerprint density at radius 1 is 0.545 bits per heavy atom. The molecule has 2 fully saturated rings. The lowest BCUT2D eigenvalue weighted by atomic mass is 9.76. The number of piperidine rings is 2. The number of amides is 1. The summed E-state index contributed by atoms with van der Waals surface area (Å²) in [5, 5.41) is 21.8. The van der Waals surface area contributed by atoms with Gasteiger partial charge in [0.15, 0.2) is 5.54 Å². The van der Waals surface area contributed by atoms with Crippen LogP contribution in [0.1, 0.15) is 96.2 Å². The fourth-order valence-electron chi connectivity index (χ4n) is 9.49. The number of methoxy groups -OCH3 is 1. The zero-order chi connectivity index (χ0) is 56.2. The lowest BCUT2D eigenvalue weighted by Gasteiger charge is -2.46. The molecule has 0 radical (unpaired) electrons. The van der Waals surface area contributed by atoms with E-state index >= 15 is 0 Å². The van der Waals surface area contributed by atoms with Crippen molar-refractivity contribution in [2.45, 2.75) is 98.6 Å². The number of hydrogen-bond acceptors (Lipinski definition) is 11. The number of primary amides is 1. The molecular formula is C51H51F12N9O5. The van der Waals surface area contributed by atoms with Crippen LogP contribution < -0.4 is 16.4 Å². The van der Waals surface area contributed by atoms with Gasteiger partial charge in [0, 0.05) is 13.1 Å². The van der Waals surface area contributed by atoms with Gasteiger partial charge in [-0.05, 0) is 98.2 Å². The van der Waals surface area contributed by atoms with Crippen molar-refractivity contribution in [1.29, 1.82) is 0 Å². The molecule has 2 saturated heterocycles. The van der Waals surface area contributed by atoms with Gasteiger partial charge in [0.2, 0.25) is 5.91 Å². The number of carbonyl (C=O) groups excluding carboxylic acids is 2. The number of carbonyl (C=O) groups is 2. The van der Waals surface area contributed by atoms with E-state index in [0.29, 0.717) is 37.1 Å². The molecule has 14 nitrogen and oxygen atoms in total. The van der Waals surface area contributed by atoms with Crippen molar-refractivity contribution in [1.82, 2.24) is 40.2 Å². The minimum absolute atomic E-state index is 0.0643. The number of esters is 1. The summed E-state index contributed by atoms with van der Waals surface area (Å²) in [6.45, 7) is 2.72. The molecule has 0 saturated carbocycles. The van der Waals surface area contributed by atoms with Gasteiger partial charge in [-0.15, -0.1) is 20.4 Å². The van der Waals surface area contributed by atoms with Gasteiger partial charge in [-0.2, -0.15) is 52.7 Å². The highest BCUT2D eigenvalue weighted by Gasteiger charge is 2.51. The van der Waals surface area contributed by atoms with E-state index in [1.807, 2.05) is 24.3 Å². The predicted molar refractivity (Wildman–Crippen MR) is 250 cm³/mol. The van der Waals surface area contributed by atoms with Crippen molar-refractivity contribution in [2.75, 3.05) is 33.4 Å². The molecule has 1 amide bonds. The van der Waals surface area contributed by atoms with E-state index in [0.717, 1.165) is 11.1 Å². The average molecular weight is 1100 g/mol. The van der Waals surface area contributed by atoms with Gasteiger partial charge in [0.25, 0.3) is 0 Å². The molecule has 2 aliphatic rings. The number of alkyl halides is 12. The minimum atomic E-state index is -4.97. The van der Waals surface area contributed by atoms with Crippen molar-refractivity contribution >= 4 is 11.9 Å². The smallest absolute Gasteiger partial charge is 0.416 e. The van der Waals surface area contributed by atoms with Crippen molar-refractivity contribution in [3.8, 4) is 0 Å². The first-order valence-electron chi connectivity index (χ1n) is 23.6. The van der Waals surface area contributed by atoms with Crippen molar-refractivity contribution in [3.63, 3.8) is 0 Å². The van der Waals surface area contributed by atoms with Gasteiger partial charge in [-0.1, -0.05) is 60.7 Å². The zero-order valence-electron chi connectivity index (χ0n) is 41.2. The molecule has 8 rings (SSSR count). The minimum Gasteiger partial charge on any atom is -0.467 e. The van der Waals surface area contributed by atoms with Gasteiger partial charge >= 0.3 is 30.7 Å². The molecule has 414 valence electrons. The Hall–Kier alpha value is -6.90. The number of ether oxygens (including phenoxy) is 3. The highest BCUT2D eigenvalue weighted by atomic mass is 19.4. The Morgan fingerprint density at radius 2 is 0.870 bits per heavy atom. The van der Waals surface area contributed by atoms with Gasteiger partial charge in [0.05, 0.1) is 65.9 Å². The average Bonchev–Trinajstić information content (AvgIpc) is 4.18. The van der Waals surface area contributed by atoms with E-state index in [9.17, 15) is 62.3 Å². The highest BCUT2D eigenvalue weighted by Crippen LogP contribution is 2.44. The molecule has 2 aliphatic heterocycles. The molecule has 4 N–H and O–H groups in total. The van der Waals surface area contributed by atoms with Crippen LogP contribution in [-0.4, -0.2) is 74.8 Å². The maximum absolute atomic E-state index is 13.4. The number of aromatic nitrogens is 6. The molecule has 0 spiro atoms. The quantitative estimate of drug-likeness (QED) is 0.0700. The first-order chi connectivity index (χ1) is 36.1. The van der Waals surface area contributed by atoms with Crippen LogP contribution in [0.25, 0.3) is 0 Å². The van der Waals surface area contributed by atoms with Crippen LogP contribution in [0.3, 0.4) is 0 Å². The number of hydrogen-bond donors (Lipinski definition) is 3. The number of halogens is 12. The van der Waals surface area contributed by atoms with Gasteiger partial charge in [0.1, 0.15) is 30.8 Å². The summed E-state index contributed by atoms with van der Waals surface area (Å²) in [6.07, 6.45) is -15.4. The maximum Gasteiger partial charge on any atom is 0.416 e. The number of benzene rings is 4. The maximum atomic E-state index is 13.4. The number of nitrogens with one attached hydrogen (secondary N) is 2. The van der Waals surface area contributed by atoms with Gasteiger partial charge in [-0.25, -0.2) is 4.79 Å². The van der Waals surface area contributed by atoms with Crippen LogP contribution in [0.5, 0.6) is 0 Å². The molecule has 4 aromatic carbocycles. The molecular weight excluding hydrogens is 1050 g/mol. The molecule has 26 heteroatoms. The summed E-state index contributed by atoms with van der Waals surface area (Å²) >= 11 is 0. The Balaban J connectivity index is 0.000000224. The van der Waals surface area contributed by atoms with Crippen LogP contribution in [0.2, 0.25) is 0 Å². The van der Waals surface area contributed by atoms with E-state index in [2.05, 4.69) is 31.0 Å². The van der Waals surface area contributed by atoms with E-state index in [4.69, 9.17) is 19.9 Å². The van der Waals surface area contributed by atoms with E-state index < -0.39 is 93.2 Å². The molecule has 6 aromatic rings. The normalized spacial score (nSPS) is 23.1. The molecule has 4 heterocycles. The Labute approximate surface area is 432 Å². The summed E-state index contributed by atoms with van der Waals surface area (Å²) in [5.41, 5.74) is -3.01. The second-order valence-electron chi connectivity index (χ2n) is 18.8. The van der Waals surface area contributed by atoms with Crippen LogP contribution in [0.4, 0.5) is 52.7 Å². The standard InChI is InChI=1S/C26H26F6N4O3.C25H25F6N5O2/c1-17(18-10-20(25(27,28)29)12-21(11-18)26(30,31)32)39-14-23(19-6-4-3-5-7-19)8-9-24(13-33-23,22(37)38-2)36-15-34-35-16-36;1-16(17-9-19(24(26,27)28)11-20(10-17)25(29,30)31)38-13-22(18-5-3-2-4-6-18)7-8-23(12-33-22,21(32)37)36-14-34-35-15-36/h3-7,10-12,15-17,33H,8-9,13-14H2,1-2H3;2-6,9-11,14-16,33H,7-8,12-13H2,1H3,(H2,32,37)/t17-,23-,24-;16-,22-,23-/m11/s1. The summed E-state index contributed by atoms with van der Waals surface area (Å²) < 4.78 is 180. The first-order valence-corrected chi connectivity index (χ1v) is 23.6. The summed E-state index contributed by atoms with van der Waals surface area (Å²) in [6, 6.07) is 20.9. The zero-order valence-corrected chi connectivity index (χ0v) is 41.2. The van der Waals surface area contributed by atoms with Crippen molar-refractivity contribution < 1.29 is 76.5 Å². The second kappa shape index (κ2) is 22.2. The number of rotatable bonds is 14. The van der Waals surface area contributed by atoms with E-state index in [1.54, 1.807) is 41.0 Å². The Bertz CT molecular complexity index is 2860. The lowest BCUT2D eigenvalue weighted by Crippen LogP contribution is -2.62. The number of nitrogens with zero attached hydrogens (tertiary/aromatic N) is 6. The van der Waals surface area contributed by atoms with E-state index in [1.165, 1.54) is 50.8 Å². The predicted octanol–water partition coefficient (Wildman–Crippen LogP) is 9.79. The van der Waals surface area contributed by atoms with Crippen LogP contribution in [0, 0.1) is 0 Å². The molecule has 2 aromatic heterocycles. The van der Waals surface area contributed by atoms with E-state index in [-0.39, 0.29) is 62.4 Å². The van der Waals surface area contributed by atoms with Crippen molar-refractivity contribution in [2.24, 2.45) is 5.73 Å². The topological polar surface area (TPSA) is 173 Å². The van der Waals surface area contributed by atoms with Crippen LogP contribution in [-0.2, 0) is 70.7 Å². The fraction of sp³-hybridized carbons (Fsp3) is 0.412. The third-order valence-corrected chi connectivity index (χ3v) is 14.2. The Kier molecular flexibility index (Phi) is 16.7. The lowest BCUT2D eigenvalue weighted by molar-refractivity contribution is -0.154. The molecule has 0 aliphatic carbocycles. The SMILES string of the molecule is COC(=O)[C@@]1(n2cnnc2)CC[C@@](CO[C@H](C)c2cc(C(F)(F)F)cc(C(F)(F)F)c2)(c2ccccc2)NC1.C[C@@H](OC[C@@]1(c2ccccc2)CC[C@@](C(N)=O)(n2cnnc2)CN1)c1cc(C(F)(F)F)cc(C(F)(F)F)c1. The summed E-state index contributed by atoms with van der Waals surface area (Å²) in [5.74, 6) is -1.13. The second-order valence-corrected chi connectivity index (χ2v) is 18.8. The Morgan fingerprint density at radius 3 is 1.16 bits per heavy atom. The molecule has 77 heavy (non-hydrogen) atoms. The summed E-state index contributed by atoms with van der Waals surface area (Å²) in [7, 11) is 1.27. The largest absolute Gasteiger partial charge is 0.467 e. The fourth-order valence-corrected chi connectivity index (χ4v) is 9.49. The highest BCUT2D eigenvalue weighted by molar-refractivity contribution is 5.83. The number of nitrogens with two attached hydrogens (primary N) is 1. The van der Waals surface area contributed by atoms with Crippen LogP contribution in [0.15, 0.2) is 122 Å². The molecule has 6 atom stereocenters. The van der Waals surface area contributed by atoms with Crippen LogP contribution >= 0.6 is 0 Å². The van der Waals surface area contributed by atoms with Gasteiger partial charge in [-0.3, -0.25) is 4.79 Å². The van der Waals surface area contributed by atoms with Crippen molar-refractivity contribution in [3.05, 3.63) is 167 Å². The first kappa shape index (κ1) is 57.8. The monoisotopic (exact) mass is 1100 g/mol. The third kappa shape index (κ3) is 12.6. The van der Waals surface area contributed by atoms with Gasteiger partial charge < -0.3 is 39.7 Å². The molecule has 0 bridgehead atoms. The molecule has 0 unspecified atom stereocenters.